The number of hydrogen-bond donors (Lipinski definition) is 3. The molecule has 0 bridgehead atoms. The van der Waals surface area contributed by atoms with Crippen LogP contribution < -0.4 is 10.0 Å². The molecule has 7 nitrogen and oxygen atoms in total. The van der Waals surface area contributed by atoms with E-state index < -0.39 is 10.0 Å². The Morgan fingerprint density at radius 1 is 1.38 bits per heavy atom. The van der Waals surface area contributed by atoms with Gasteiger partial charge in [-0.3, -0.25) is 5.10 Å². The second-order valence-electron chi connectivity index (χ2n) is 4.61. The van der Waals surface area contributed by atoms with Crippen LogP contribution in [0.25, 0.3) is 0 Å². The predicted molar refractivity (Wildman–Crippen MR) is 81.5 cm³/mol. The third-order valence-corrected chi connectivity index (χ3v) is 4.95. The molecule has 0 aliphatic heterocycles. The molecule has 0 aromatic carbocycles. The molecule has 0 saturated heterocycles. The van der Waals surface area contributed by atoms with Crippen molar-refractivity contribution in [3.05, 3.63) is 27.8 Å². The molecule has 0 saturated carbocycles. The Hall–Kier alpha value is -1.29. The van der Waals surface area contributed by atoms with Crippen molar-refractivity contribution < 1.29 is 8.42 Å². The van der Waals surface area contributed by atoms with E-state index in [9.17, 15) is 8.42 Å². The molecule has 3 N–H and O–H groups in total. The largest absolute Gasteiger partial charge is 0.313 e. The lowest BCUT2D eigenvalue weighted by Crippen LogP contribution is -2.26. The summed E-state index contributed by atoms with van der Waals surface area (Å²) in [5.74, 6) is 0. The number of sulfonamides is 1. The number of aryl methyl sites for hydroxylation is 1. The van der Waals surface area contributed by atoms with E-state index >= 15 is 0 Å². The maximum Gasteiger partial charge on any atom is 0.260 e. The van der Waals surface area contributed by atoms with E-state index in [1.54, 1.807) is 5.51 Å². The van der Waals surface area contributed by atoms with Crippen molar-refractivity contribution in [1.82, 2.24) is 25.2 Å². The van der Waals surface area contributed by atoms with Crippen LogP contribution in [0.1, 0.15) is 30.3 Å². The van der Waals surface area contributed by atoms with Gasteiger partial charge in [0.05, 0.1) is 17.7 Å². The average molecular weight is 329 g/mol. The van der Waals surface area contributed by atoms with Gasteiger partial charge < -0.3 is 5.32 Å². The van der Waals surface area contributed by atoms with Crippen molar-refractivity contribution >= 4 is 21.4 Å². The molecule has 116 valence electrons. The molecule has 21 heavy (non-hydrogen) atoms. The third kappa shape index (κ3) is 4.10. The number of nitrogens with one attached hydrogen (secondary N) is 3. The van der Waals surface area contributed by atoms with Gasteiger partial charge >= 0.3 is 0 Å². The van der Waals surface area contributed by atoms with E-state index in [-0.39, 0.29) is 11.6 Å². The summed E-state index contributed by atoms with van der Waals surface area (Å²) in [4.78, 5) is 4.05. The topological polar surface area (TPSA) is 99.8 Å². The highest BCUT2D eigenvalue weighted by Gasteiger charge is 2.23. The smallest absolute Gasteiger partial charge is 0.260 e. The molecule has 0 aliphatic rings. The normalized spacial score (nSPS) is 11.9. The van der Waals surface area contributed by atoms with Gasteiger partial charge in [0.2, 0.25) is 0 Å². The van der Waals surface area contributed by atoms with Crippen LogP contribution in [-0.4, -0.2) is 30.1 Å². The molecule has 0 amide bonds. The Morgan fingerprint density at radius 3 is 2.86 bits per heavy atom. The molecule has 0 unspecified atom stereocenters. The fraction of sp³-hybridized carbons (Fsp3) is 0.500. The first-order valence-corrected chi connectivity index (χ1v) is 9.08. The van der Waals surface area contributed by atoms with E-state index in [1.807, 2.05) is 12.3 Å². The van der Waals surface area contributed by atoms with Gasteiger partial charge in [0.1, 0.15) is 0 Å². The number of aromatic nitrogens is 3. The Morgan fingerprint density at radius 2 is 2.19 bits per heavy atom. The lowest BCUT2D eigenvalue weighted by atomic mass is 10.2. The Kier molecular flexibility index (Phi) is 5.45. The van der Waals surface area contributed by atoms with Crippen LogP contribution in [0.3, 0.4) is 0 Å². The first kappa shape index (κ1) is 16.1. The summed E-state index contributed by atoms with van der Waals surface area (Å²) < 4.78 is 27.2. The van der Waals surface area contributed by atoms with Crippen molar-refractivity contribution in [2.24, 2.45) is 0 Å². The van der Waals surface area contributed by atoms with Crippen LogP contribution in [0.5, 0.6) is 0 Å². The minimum Gasteiger partial charge on any atom is -0.313 e. The second-order valence-corrected chi connectivity index (χ2v) is 7.01. The van der Waals surface area contributed by atoms with Crippen LogP contribution in [0.15, 0.2) is 15.9 Å². The van der Waals surface area contributed by atoms with Gasteiger partial charge in [0.15, 0.2) is 5.03 Å². The minimum absolute atomic E-state index is 0.0545. The maximum atomic E-state index is 12.3. The van der Waals surface area contributed by atoms with E-state index in [2.05, 4.69) is 32.1 Å². The molecule has 2 rings (SSSR count). The Labute approximate surface area is 128 Å². The zero-order chi connectivity index (χ0) is 15.3. The van der Waals surface area contributed by atoms with Crippen LogP contribution >= 0.6 is 11.3 Å². The van der Waals surface area contributed by atoms with Crippen LogP contribution in [0.2, 0.25) is 0 Å². The van der Waals surface area contributed by atoms with Gasteiger partial charge in [-0.1, -0.05) is 6.92 Å². The highest BCUT2D eigenvalue weighted by atomic mass is 32.2. The zero-order valence-electron chi connectivity index (χ0n) is 12.0. The molecule has 0 aliphatic carbocycles. The summed E-state index contributed by atoms with van der Waals surface area (Å²) in [5, 5.41) is 11.7. The predicted octanol–water partition coefficient (Wildman–Crippen LogP) is 1.15. The van der Waals surface area contributed by atoms with Gasteiger partial charge in [-0.25, -0.2) is 18.1 Å². The highest BCUT2D eigenvalue weighted by molar-refractivity contribution is 7.89. The Bertz CT molecular complexity index is 664. The summed E-state index contributed by atoms with van der Waals surface area (Å²) in [5.41, 5.74) is 3.80. The molecule has 2 aromatic rings. The van der Waals surface area contributed by atoms with Crippen molar-refractivity contribution in [3.63, 3.8) is 0 Å². The van der Waals surface area contributed by atoms with E-state index in [4.69, 9.17) is 0 Å². The van der Waals surface area contributed by atoms with Gasteiger partial charge in [0.25, 0.3) is 10.0 Å². The zero-order valence-corrected chi connectivity index (χ0v) is 13.6. The third-order valence-electron chi connectivity index (χ3n) is 2.95. The van der Waals surface area contributed by atoms with Crippen LogP contribution in [0.4, 0.5) is 0 Å². The van der Waals surface area contributed by atoms with Gasteiger partial charge in [-0.2, -0.15) is 5.10 Å². The molecule has 0 radical (unpaired) electrons. The Balaban J connectivity index is 2.11. The first-order valence-electron chi connectivity index (χ1n) is 6.66. The number of aromatic amines is 1. The fourth-order valence-electron chi connectivity index (χ4n) is 1.81. The number of thiazole rings is 1. The summed E-state index contributed by atoms with van der Waals surface area (Å²) in [6, 6.07) is 0. The molecule has 2 heterocycles. The minimum atomic E-state index is -3.65. The SMILES string of the molecule is CCCNCc1c(S(=O)(=O)NCc2cscn2)n[nH]c1C. The van der Waals surface area contributed by atoms with Crippen molar-refractivity contribution in [1.29, 1.82) is 0 Å². The standard InChI is InChI=1S/C12H19N5O2S2/c1-3-4-13-6-11-9(2)16-17-12(11)21(18,19)15-5-10-7-20-8-14-10/h7-8,13,15H,3-6H2,1-2H3,(H,16,17). The number of H-pyrrole nitrogens is 1. The van der Waals surface area contributed by atoms with Gasteiger partial charge in [-0.15, -0.1) is 11.3 Å². The molecular formula is C12H19N5O2S2. The second kappa shape index (κ2) is 7.12. The molecule has 2 aromatic heterocycles. The van der Waals surface area contributed by atoms with Gasteiger partial charge in [0, 0.05) is 23.2 Å². The number of rotatable bonds is 8. The number of hydrogen-bond acceptors (Lipinski definition) is 6. The highest BCUT2D eigenvalue weighted by Crippen LogP contribution is 2.16. The summed E-state index contributed by atoms with van der Waals surface area (Å²) >= 11 is 1.43. The lowest BCUT2D eigenvalue weighted by Gasteiger charge is -2.07. The maximum absolute atomic E-state index is 12.3. The summed E-state index contributed by atoms with van der Waals surface area (Å²) in [6.45, 7) is 5.34. The monoisotopic (exact) mass is 329 g/mol. The first-order chi connectivity index (χ1) is 10.0. The molecule has 0 fully saturated rings. The van der Waals surface area contributed by atoms with Crippen molar-refractivity contribution in [2.45, 2.75) is 38.4 Å². The number of nitrogens with zero attached hydrogens (tertiary/aromatic N) is 2. The molecule has 0 spiro atoms. The van der Waals surface area contributed by atoms with Gasteiger partial charge in [-0.05, 0) is 19.9 Å². The fourth-order valence-corrected chi connectivity index (χ4v) is 3.56. The van der Waals surface area contributed by atoms with Crippen molar-refractivity contribution in [3.8, 4) is 0 Å². The molecule has 9 heteroatoms. The van der Waals surface area contributed by atoms with E-state index in [1.165, 1.54) is 11.3 Å². The van der Waals surface area contributed by atoms with E-state index in [0.717, 1.165) is 18.7 Å². The lowest BCUT2D eigenvalue weighted by molar-refractivity contribution is 0.573. The molecule has 0 atom stereocenters. The quantitative estimate of drug-likeness (QED) is 0.631. The van der Waals surface area contributed by atoms with Crippen LogP contribution in [0, 0.1) is 6.92 Å². The summed E-state index contributed by atoms with van der Waals surface area (Å²) in [6.07, 6.45) is 0.987. The summed E-state index contributed by atoms with van der Waals surface area (Å²) in [7, 11) is -3.65. The van der Waals surface area contributed by atoms with Crippen molar-refractivity contribution in [2.75, 3.05) is 6.54 Å². The van der Waals surface area contributed by atoms with E-state index in [0.29, 0.717) is 17.8 Å². The molecular weight excluding hydrogens is 310 g/mol. The van der Waals surface area contributed by atoms with Crippen LogP contribution in [-0.2, 0) is 23.1 Å². The average Bonchev–Trinajstić information content (AvgIpc) is 3.08.